The van der Waals surface area contributed by atoms with E-state index >= 15 is 0 Å². The zero-order valence-electron chi connectivity index (χ0n) is 20.3. The second kappa shape index (κ2) is 10.2. The molecule has 0 amide bonds. The van der Waals surface area contributed by atoms with Gasteiger partial charge in [0.1, 0.15) is 4.75 Å². The van der Waals surface area contributed by atoms with Gasteiger partial charge in [-0.1, -0.05) is 58.4 Å². The highest BCUT2D eigenvalue weighted by atomic mass is 35.5. The van der Waals surface area contributed by atoms with E-state index in [9.17, 15) is 9.35 Å². The van der Waals surface area contributed by atoms with Crippen LogP contribution in [-0.2, 0) is 32.9 Å². The number of rotatable bonds is 8. The lowest BCUT2D eigenvalue weighted by atomic mass is 9.74. The summed E-state index contributed by atoms with van der Waals surface area (Å²) in [5.74, 6) is -0.907. The summed E-state index contributed by atoms with van der Waals surface area (Å²) in [6.07, 6.45) is 1.90. The number of benzene rings is 1. The van der Waals surface area contributed by atoms with E-state index in [0.717, 1.165) is 24.0 Å². The van der Waals surface area contributed by atoms with Gasteiger partial charge >= 0.3 is 5.97 Å². The molecule has 0 saturated carbocycles. The van der Waals surface area contributed by atoms with Gasteiger partial charge in [-0.05, 0) is 69.1 Å². The molecule has 0 aromatic heterocycles. The lowest BCUT2D eigenvalue weighted by molar-refractivity contribution is -0.150. The number of carbonyl (C=O) groups excluding carboxylic acids is 1. The molecule has 0 aliphatic rings. The Bertz CT molecular complexity index is 724. The molecule has 4 nitrogen and oxygen atoms in total. The Kier molecular flexibility index (Phi) is 9.32. The minimum absolute atomic E-state index is 0.0359. The van der Waals surface area contributed by atoms with Crippen molar-refractivity contribution in [1.29, 1.82) is 0 Å². The molecule has 0 aliphatic carbocycles. The third kappa shape index (κ3) is 7.15. The summed E-state index contributed by atoms with van der Waals surface area (Å²) in [6.45, 7) is 18.2. The fourth-order valence-electron chi connectivity index (χ4n) is 3.53. The standard InChI is InChI=1S/C24H40ClNO3S/c1-16(2)20(21(27)29-10)24(9,26-30(28)23(6,7)8)18-12-11-17(19(25)15-18)13-14-22(3,4)5/h11-12,15-16,20,26H,13-14H2,1-10H3/t20-,24-,30?/m1/s1. The number of ether oxygens (including phenoxy) is 1. The number of methoxy groups -OCH3 is 1. The number of hydrogen-bond donors (Lipinski definition) is 1. The highest BCUT2D eigenvalue weighted by molar-refractivity contribution is 7.90. The summed E-state index contributed by atoms with van der Waals surface area (Å²) >= 11 is 5.28. The maximum absolute atomic E-state index is 13.1. The second-order valence-corrected chi connectivity index (χ2v) is 13.2. The number of aryl methyl sites for hydroxylation is 1. The van der Waals surface area contributed by atoms with E-state index in [1.54, 1.807) is 0 Å². The lowest BCUT2D eigenvalue weighted by Crippen LogP contribution is -2.56. The average Bonchev–Trinajstić information content (AvgIpc) is 2.58. The molecule has 6 heteroatoms. The fraction of sp³-hybridized carbons (Fsp3) is 0.708. The molecule has 0 spiro atoms. The molecule has 0 heterocycles. The quantitative estimate of drug-likeness (QED) is 0.382. The largest absolute Gasteiger partial charge is 0.598 e. The zero-order valence-corrected chi connectivity index (χ0v) is 21.9. The van der Waals surface area contributed by atoms with Crippen LogP contribution in [0.2, 0.25) is 5.02 Å². The zero-order chi connectivity index (χ0) is 23.5. The van der Waals surface area contributed by atoms with Gasteiger partial charge in [-0.2, -0.15) is 0 Å². The first-order valence-corrected chi connectivity index (χ1v) is 12.1. The molecule has 1 rings (SSSR count). The van der Waals surface area contributed by atoms with Gasteiger partial charge < -0.3 is 9.29 Å². The third-order valence-electron chi connectivity index (χ3n) is 5.40. The van der Waals surface area contributed by atoms with Crippen LogP contribution in [0.3, 0.4) is 0 Å². The van der Waals surface area contributed by atoms with Crippen LogP contribution < -0.4 is 4.72 Å². The first kappa shape index (κ1) is 27.3. The maximum atomic E-state index is 13.1. The summed E-state index contributed by atoms with van der Waals surface area (Å²) in [7, 11) is 1.39. The SMILES string of the molecule is COC(=O)[C@@H](C(C)C)[C@](C)(N[S+]([O-])C(C)(C)C)c1ccc(CCC(C)(C)C)c(Cl)c1. The molecule has 1 aromatic rings. The van der Waals surface area contributed by atoms with Crippen molar-refractivity contribution in [3.05, 3.63) is 34.3 Å². The molecular formula is C24H40ClNO3S. The van der Waals surface area contributed by atoms with Crippen LogP contribution in [0.4, 0.5) is 0 Å². The smallest absolute Gasteiger partial charge is 0.311 e. The number of halogens is 1. The summed E-state index contributed by atoms with van der Waals surface area (Å²) in [5, 5.41) is 0.665. The molecule has 0 saturated heterocycles. The first-order chi connectivity index (χ1) is 13.5. The molecule has 0 bridgehead atoms. The van der Waals surface area contributed by atoms with Gasteiger partial charge in [0.05, 0.1) is 18.6 Å². The summed E-state index contributed by atoms with van der Waals surface area (Å²) in [6, 6.07) is 5.93. The van der Waals surface area contributed by atoms with Gasteiger partial charge in [-0.3, -0.25) is 4.79 Å². The minimum atomic E-state index is -1.39. The summed E-state index contributed by atoms with van der Waals surface area (Å²) in [4.78, 5) is 12.8. The number of carbonyl (C=O) groups is 1. The molecule has 1 unspecified atom stereocenters. The lowest BCUT2D eigenvalue weighted by Gasteiger charge is -2.41. The van der Waals surface area contributed by atoms with Crippen molar-refractivity contribution in [2.45, 2.75) is 85.4 Å². The van der Waals surface area contributed by atoms with Crippen LogP contribution in [0.15, 0.2) is 18.2 Å². The highest BCUT2D eigenvalue weighted by Crippen LogP contribution is 2.39. The summed E-state index contributed by atoms with van der Waals surface area (Å²) < 4.78 is 21.0. The monoisotopic (exact) mass is 457 g/mol. The fourth-order valence-corrected chi connectivity index (χ4v) is 4.74. The van der Waals surface area contributed by atoms with Gasteiger partial charge in [0, 0.05) is 16.4 Å². The average molecular weight is 458 g/mol. The normalized spacial score (nSPS) is 16.8. The van der Waals surface area contributed by atoms with Crippen LogP contribution in [0, 0.1) is 17.3 Å². The Morgan fingerprint density at radius 1 is 1.17 bits per heavy atom. The van der Waals surface area contributed by atoms with Crippen molar-refractivity contribution < 1.29 is 14.1 Å². The van der Waals surface area contributed by atoms with Crippen molar-refractivity contribution in [2.24, 2.45) is 17.3 Å². The van der Waals surface area contributed by atoms with Crippen LogP contribution in [0.1, 0.15) is 79.9 Å². The van der Waals surface area contributed by atoms with E-state index in [2.05, 4.69) is 25.5 Å². The Balaban J connectivity index is 3.47. The number of esters is 1. The van der Waals surface area contributed by atoms with Gasteiger partial charge in [0.15, 0.2) is 0 Å². The molecular weight excluding hydrogens is 418 g/mol. The molecule has 1 N–H and O–H groups in total. The summed E-state index contributed by atoms with van der Waals surface area (Å²) in [5.41, 5.74) is 1.21. The van der Waals surface area contributed by atoms with Crippen LogP contribution in [0.25, 0.3) is 0 Å². The maximum Gasteiger partial charge on any atom is 0.311 e. The molecule has 172 valence electrons. The van der Waals surface area contributed by atoms with Crippen molar-refractivity contribution in [1.82, 2.24) is 4.72 Å². The number of hydrogen-bond acceptors (Lipinski definition) is 4. The molecule has 0 fully saturated rings. The Morgan fingerprint density at radius 2 is 1.73 bits per heavy atom. The van der Waals surface area contributed by atoms with Crippen LogP contribution in [0.5, 0.6) is 0 Å². The first-order valence-electron chi connectivity index (χ1n) is 10.6. The van der Waals surface area contributed by atoms with E-state index in [4.69, 9.17) is 16.3 Å². The molecule has 0 aliphatic heterocycles. The van der Waals surface area contributed by atoms with Crippen molar-refractivity contribution in [3.8, 4) is 0 Å². The van der Waals surface area contributed by atoms with Gasteiger partial charge in [0.2, 0.25) is 0 Å². The third-order valence-corrected chi connectivity index (χ3v) is 7.48. The minimum Gasteiger partial charge on any atom is -0.598 e. The molecule has 0 radical (unpaired) electrons. The van der Waals surface area contributed by atoms with E-state index in [0.29, 0.717) is 5.02 Å². The molecule has 3 atom stereocenters. The Labute approximate surface area is 191 Å². The predicted octanol–water partition coefficient (Wildman–Crippen LogP) is 6.03. The van der Waals surface area contributed by atoms with Gasteiger partial charge in [-0.15, -0.1) is 4.72 Å². The van der Waals surface area contributed by atoms with E-state index in [1.165, 1.54) is 7.11 Å². The van der Waals surface area contributed by atoms with Crippen molar-refractivity contribution >= 4 is 28.9 Å². The van der Waals surface area contributed by atoms with Gasteiger partial charge in [0.25, 0.3) is 0 Å². The molecule has 1 aromatic carbocycles. The Hall–Kier alpha value is -0.750. The van der Waals surface area contributed by atoms with E-state index in [1.807, 2.05) is 59.7 Å². The van der Waals surface area contributed by atoms with Gasteiger partial charge in [-0.25, -0.2) is 0 Å². The predicted molar refractivity (Wildman–Crippen MR) is 128 cm³/mol. The number of nitrogens with one attached hydrogen (secondary N) is 1. The Morgan fingerprint density at radius 3 is 2.13 bits per heavy atom. The molecule has 30 heavy (non-hydrogen) atoms. The van der Waals surface area contributed by atoms with Crippen LogP contribution in [-0.4, -0.2) is 22.4 Å². The topological polar surface area (TPSA) is 61.4 Å². The van der Waals surface area contributed by atoms with E-state index < -0.39 is 27.6 Å². The van der Waals surface area contributed by atoms with Crippen molar-refractivity contribution in [2.75, 3.05) is 7.11 Å². The van der Waals surface area contributed by atoms with E-state index in [-0.39, 0.29) is 17.3 Å². The van der Waals surface area contributed by atoms with Crippen LogP contribution >= 0.6 is 11.6 Å². The van der Waals surface area contributed by atoms with Crippen molar-refractivity contribution in [3.63, 3.8) is 0 Å². The second-order valence-electron chi connectivity index (χ2n) is 10.8. The highest BCUT2D eigenvalue weighted by Gasteiger charge is 2.48.